The summed E-state index contributed by atoms with van der Waals surface area (Å²) >= 11 is 0. The normalized spacial score (nSPS) is 34.2. The fourth-order valence-corrected chi connectivity index (χ4v) is 1.76. The molecule has 2 heteroatoms. The lowest BCUT2D eigenvalue weighted by Gasteiger charge is -2.50. The van der Waals surface area contributed by atoms with E-state index in [4.69, 9.17) is 4.74 Å². The van der Waals surface area contributed by atoms with Crippen LogP contribution in [0, 0.1) is 10.8 Å². The predicted octanol–water partition coefficient (Wildman–Crippen LogP) is 2.83. The van der Waals surface area contributed by atoms with Gasteiger partial charge in [-0.1, -0.05) is 41.5 Å². The molecule has 0 radical (unpaired) electrons. The first kappa shape index (κ1) is 13.0. The maximum absolute atomic E-state index is 6.34. The maximum Gasteiger partial charge on any atom is 0.0830 e. The van der Waals surface area contributed by atoms with Crippen LogP contribution in [-0.2, 0) is 4.74 Å². The molecule has 1 aliphatic rings. The Morgan fingerprint density at radius 2 is 1.67 bits per heavy atom. The van der Waals surface area contributed by atoms with Crippen LogP contribution >= 0.6 is 0 Å². The number of rotatable bonds is 0. The van der Waals surface area contributed by atoms with Crippen LogP contribution < -0.4 is 5.32 Å². The number of ether oxygens (including phenoxy) is 1. The van der Waals surface area contributed by atoms with Crippen molar-refractivity contribution in [3.63, 3.8) is 0 Å². The molecule has 90 valence electrons. The molecule has 0 bridgehead atoms. The highest BCUT2D eigenvalue weighted by atomic mass is 16.5. The summed E-state index contributed by atoms with van der Waals surface area (Å²) < 4.78 is 6.34. The van der Waals surface area contributed by atoms with E-state index in [0.717, 1.165) is 13.1 Å². The van der Waals surface area contributed by atoms with Gasteiger partial charge in [0.05, 0.1) is 11.7 Å². The Hall–Kier alpha value is -0.0800. The van der Waals surface area contributed by atoms with Gasteiger partial charge in [0.15, 0.2) is 0 Å². The molecule has 2 nitrogen and oxygen atoms in total. The molecule has 1 fully saturated rings. The first-order valence-corrected chi connectivity index (χ1v) is 5.95. The van der Waals surface area contributed by atoms with E-state index in [1.165, 1.54) is 0 Å². The second-order valence-electron chi connectivity index (χ2n) is 7.08. The Morgan fingerprint density at radius 3 is 2.07 bits per heavy atom. The van der Waals surface area contributed by atoms with Crippen molar-refractivity contribution >= 4 is 0 Å². The molecule has 2 atom stereocenters. The van der Waals surface area contributed by atoms with E-state index in [0.29, 0.717) is 6.10 Å². The Labute approximate surface area is 94.8 Å². The SMILES string of the molecule is CC(C)(C)C1CNCC(C)(C(C)(C)C)O1. The van der Waals surface area contributed by atoms with Gasteiger partial charge in [-0.2, -0.15) is 0 Å². The number of hydrogen-bond donors (Lipinski definition) is 1. The molecule has 2 unspecified atom stereocenters. The number of morpholine rings is 1. The van der Waals surface area contributed by atoms with E-state index < -0.39 is 0 Å². The van der Waals surface area contributed by atoms with Gasteiger partial charge >= 0.3 is 0 Å². The van der Waals surface area contributed by atoms with Crippen LogP contribution in [0.2, 0.25) is 0 Å². The van der Waals surface area contributed by atoms with Crippen molar-refractivity contribution in [3.05, 3.63) is 0 Å². The average molecular weight is 213 g/mol. The molecule has 0 aliphatic carbocycles. The molecule has 0 aromatic carbocycles. The van der Waals surface area contributed by atoms with E-state index in [-0.39, 0.29) is 16.4 Å². The third kappa shape index (κ3) is 2.73. The molecule has 1 rings (SSSR count). The summed E-state index contributed by atoms with van der Waals surface area (Å²) in [6.45, 7) is 17.6. The topological polar surface area (TPSA) is 21.3 Å². The summed E-state index contributed by atoms with van der Waals surface area (Å²) in [6.07, 6.45) is 0.301. The highest BCUT2D eigenvalue weighted by Crippen LogP contribution is 2.38. The fraction of sp³-hybridized carbons (Fsp3) is 1.00. The van der Waals surface area contributed by atoms with Gasteiger partial charge in [-0.05, 0) is 17.8 Å². The molecular weight excluding hydrogens is 186 g/mol. The largest absolute Gasteiger partial charge is 0.368 e. The standard InChI is InChI=1S/C13H27NO/c1-11(2,3)10-8-14-9-13(7,15-10)12(4,5)6/h10,14H,8-9H2,1-7H3. The summed E-state index contributed by atoms with van der Waals surface area (Å²) in [5, 5.41) is 3.51. The van der Waals surface area contributed by atoms with E-state index in [9.17, 15) is 0 Å². The first-order chi connectivity index (χ1) is 6.56. The van der Waals surface area contributed by atoms with Crippen molar-refractivity contribution in [3.8, 4) is 0 Å². The third-order valence-corrected chi connectivity index (χ3v) is 3.75. The lowest BCUT2D eigenvalue weighted by atomic mass is 9.75. The van der Waals surface area contributed by atoms with Crippen molar-refractivity contribution in [1.29, 1.82) is 0 Å². The third-order valence-electron chi connectivity index (χ3n) is 3.75. The molecule has 0 saturated carbocycles. The summed E-state index contributed by atoms with van der Waals surface area (Å²) in [4.78, 5) is 0. The van der Waals surface area contributed by atoms with E-state index >= 15 is 0 Å². The highest BCUT2D eigenvalue weighted by molar-refractivity contribution is 4.96. The summed E-state index contributed by atoms with van der Waals surface area (Å²) in [5.41, 5.74) is 0.313. The Kier molecular flexibility index (Phi) is 3.24. The van der Waals surface area contributed by atoms with Crippen LogP contribution in [0.5, 0.6) is 0 Å². The van der Waals surface area contributed by atoms with Crippen molar-refractivity contribution in [2.24, 2.45) is 10.8 Å². The minimum Gasteiger partial charge on any atom is -0.368 e. The zero-order chi connectivity index (χ0) is 11.9. The van der Waals surface area contributed by atoms with E-state index in [1.54, 1.807) is 0 Å². The molecule has 0 aromatic heterocycles. The van der Waals surface area contributed by atoms with E-state index in [2.05, 4.69) is 53.8 Å². The second-order valence-corrected chi connectivity index (χ2v) is 7.08. The van der Waals surface area contributed by atoms with Gasteiger partial charge in [-0.15, -0.1) is 0 Å². The Bertz CT molecular complexity index is 224. The van der Waals surface area contributed by atoms with Crippen LogP contribution in [0.25, 0.3) is 0 Å². The smallest absolute Gasteiger partial charge is 0.0830 e. The zero-order valence-electron chi connectivity index (χ0n) is 11.4. The monoisotopic (exact) mass is 213 g/mol. The van der Waals surface area contributed by atoms with Crippen molar-refractivity contribution in [2.45, 2.75) is 60.2 Å². The molecule has 1 N–H and O–H groups in total. The number of nitrogens with one attached hydrogen (secondary N) is 1. The molecule has 1 heterocycles. The van der Waals surface area contributed by atoms with Crippen LogP contribution in [0.4, 0.5) is 0 Å². The van der Waals surface area contributed by atoms with Gasteiger partial charge < -0.3 is 10.1 Å². The molecule has 1 saturated heterocycles. The molecule has 0 aromatic rings. The molecule has 0 amide bonds. The van der Waals surface area contributed by atoms with Gasteiger partial charge in [-0.25, -0.2) is 0 Å². The Morgan fingerprint density at radius 1 is 1.13 bits per heavy atom. The predicted molar refractivity (Wildman–Crippen MR) is 65.1 cm³/mol. The van der Waals surface area contributed by atoms with Gasteiger partial charge in [-0.3, -0.25) is 0 Å². The van der Waals surface area contributed by atoms with Crippen molar-refractivity contribution in [1.82, 2.24) is 5.32 Å². The maximum atomic E-state index is 6.34. The second kappa shape index (κ2) is 3.74. The zero-order valence-corrected chi connectivity index (χ0v) is 11.4. The molecule has 1 aliphatic heterocycles. The minimum atomic E-state index is -0.0663. The quantitative estimate of drug-likeness (QED) is 0.668. The van der Waals surface area contributed by atoms with Gasteiger partial charge in [0.25, 0.3) is 0 Å². The van der Waals surface area contributed by atoms with Crippen molar-refractivity contribution in [2.75, 3.05) is 13.1 Å². The highest BCUT2D eigenvalue weighted by Gasteiger charge is 2.45. The minimum absolute atomic E-state index is 0.0663. The van der Waals surface area contributed by atoms with Gasteiger partial charge in [0, 0.05) is 13.1 Å². The van der Waals surface area contributed by atoms with Gasteiger partial charge in [0.2, 0.25) is 0 Å². The summed E-state index contributed by atoms with van der Waals surface area (Å²) in [6, 6.07) is 0. The lowest BCUT2D eigenvalue weighted by Crippen LogP contribution is -2.60. The van der Waals surface area contributed by atoms with Crippen LogP contribution in [0.15, 0.2) is 0 Å². The van der Waals surface area contributed by atoms with Crippen molar-refractivity contribution < 1.29 is 4.74 Å². The Balaban J connectivity index is 2.80. The average Bonchev–Trinajstić information content (AvgIpc) is 2.00. The van der Waals surface area contributed by atoms with Crippen LogP contribution in [-0.4, -0.2) is 24.8 Å². The molecular formula is C13H27NO. The van der Waals surface area contributed by atoms with Crippen LogP contribution in [0.1, 0.15) is 48.5 Å². The summed E-state index contributed by atoms with van der Waals surface area (Å²) in [5.74, 6) is 0. The van der Waals surface area contributed by atoms with Crippen LogP contribution in [0.3, 0.4) is 0 Å². The number of hydrogen-bond acceptors (Lipinski definition) is 2. The molecule has 0 spiro atoms. The first-order valence-electron chi connectivity index (χ1n) is 5.95. The summed E-state index contributed by atoms with van der Waals surface area (Å²) in [7, 11) is 0. The van der Waals surface area contributed by atoms with E-state index in [1.807, 2.05) is 0 Å². The molecule has 15 heavy (non-hydrogen) atoms. The fourth-order valence-electron chi connectivity index (χ4n) is 1.76. The van der Waals surface area contributed by atoms with Gasteiger partial charge in [0.1, 0.15) is 0 Å². The lowest BCUT2D eigenvalue weighted by molar-refractivity contribution is -0.187.